The van der Waals surface area contributed by atoms with Gasteiger partial charge in [-0.2, -0.15) is 0 Å². The molecule has 0 atom stereocenters. The number of benzene rings is 2. The summed E-state index contributed by atoms with van der Waals surface area (Å²) in [6.07, 6.45) is 1.10. The van der Waals surface area contributed by atoms with Gasteiger partial charge >= 0.3 is 5.97 Å². The lowest BCUT2D eigenvalue weighted by atomic mass is 10.1. The van der Waals surface area contributed by atoms with Gasteiger partial charge in [0.2, 0.25) is 5.91 Å². The second-order valence-electron chi connectivity index (χ2n) is 6.57. The second-order valence-corrected chi connectivity index (χ2v) is 6.57. The Balaban J connectivity index is 1.59. The zero-order valence-corrected chi connectivity index (χ0v) is 16.2. The maximum Gasteiger partial charge on any atom is 0.344 e. The van der Waals surface area contributed by atoms with Gasteiger partial charge in [0.25, 0.3) is 0 Å². The van der Waals surface area contributed by atoms with Crippen LogP contribution in [0, 0.1) is 20.8 Å². The Morgan fingerprint density at radius 2 is 1.63 bits per heavy atom. The van der Waals surface area contributed by atoms with Crippen LogP contribution >= 0.6 is 0 Å². The predicted octanol–water partition coefficient (Wildman–Crippen LogP) is 3.28. The fourth-order valence-corrected chi connectivity index (χ4v) is 2.66. The van der Waals surface area contributed by atoms with Gasteiger partial charge in [0.15, 0.2) is 6.61 Å². The van der Waals surface area contributed by atoms with Gasteiger partial charge in [0.05, 0.1) is 6.54 Å². The second kappa shape index (κ2) is 10.4. The lowest BCUT2D eigenvalue weighted by Crippen LogP contribution is -2.29. The minimum Gasteiger partial charge on any atom is -0.481 e. The normalized spacial score (nSPS) is 10.3. The van der Waals surface area contributed by atoms with Crippen molar-refractivity contribution in [2.24, 2.45) is 0 Å². The molecule has 0 spiro atoms. The number of para-hydroxylation sites is 1. The molecule has 0 aliphatic rings. The van der Waals surface area contributed by atoms with Gasteiger partial charge in [-0.05, 0) is 43.9 Å². The third-order valence-corrected chi connectivity index (χ3v) is 4.19. The van der Waals surface area contributed by atoms with Gasteiger partial charge in [0, 0.05) is 6.42 Å². The van der Waals surface area contributed by atoms with Gasteiger partial charge in [0.1, 0.15) is 12.4 Å². The number of esters is 1. The van der Waals surface area contributed by atoms with Crippen molar-refractivity contribution in [2.45, 2.75) is 33.6 Å². The number of ether oxygens (including phenoxy) is 2. The van der Waals surface area contributed by atoms with Crippen LogP contribution < -0.4 is 10.1 Å². The highest BCUT2D eigenvalue weighted by Gasteiger charge is 2.08. The standard InChI is InChI=1S/C22H27NO4/c1-16-7-9-19(10-8-16)11-12-20(24)23-13-14-26-21(25)15-27-22-17(2)5-4-6-18(22)3/h4-10H,11-15H2,1-3H3,(H,23,24). The monoisotopic (exact) mass is 369 g/mol. The summed E-state index contributed by atoms with van der Waals surface area (Å²) in [7, 11) is 0. The molecule has 0 bridgehead atoms. The molecule has 1 N–H and O–H groups in total. The van der Waals surface area contributed by atoms with E-state index in [1.54, 1.807) is 0 Å². The van der Waals surface area contributed by atoms with Crippen molar-refractivity contribution in [3.8, 4) is 5.75 Å². The van der Waals surface area contributed by atoms with Crippen molar-refractivity contribution >= 4 is 11.9 Å². The van der Waals surface area contributed by atoms with Crippen molar-refractivity contribution in [1.29, 1.82) is 0 Å². The molecule has 1 amide bonds. The summed E-state index contributed by atoms with van der Waals surface area (Å²) in [6, 6.07) is 13.9. The Labute approximate surface area is 160 Å². The molecule has 0 saturated heterocycles. The zero-order valence-electron chi connectivity index (χ0n) is 16.2. The van der Waals surface area contributed by atoms with Crippen LogP contribution in [0.5, 0.6) is 5.75 Å². The summed E-state index contributed by atoms with van der Waals surface area (Å²) >= 11 is 0. The Morgan fingerprint density at radius 1 is 0.963 bits per heavy atom. The molecule has 0 saturated carbocycles. The average Bonchev–Trinajstić information content (AvgIpc) is 2.64. The quantitative estimate of drug-likeness (QED) is 0.544. The summed E-state index contributed by atoms with van der Waals surface area (Å²) < 4.78 is 10.6. The van der Waals surface area contributed by atoms with Gasteiger partial charge in [-0.1, -0.05) is 48.0 Å². The Bertz CT molecular complexity index is 748. The number of amides is 1. The third-order valence-electron chi connectivity index (χ3n) is 4.19. The molecule has 0 radical (unpaired) electrons. The van der Waals surface area contributed by atoms with Gasteiger partial charge < -0.3 is 14.8 Å². The van der Waals surface area contributed by atoms with Crippen LogP contribution in [0.4, 0.5) is 0 Å². The number of aryl methyl sites for hydroxylation is 4. The summed E-state index contributed by atoms with van der Waals surface area (Å²) in [6.45, 7) is 6.17. The van der Waals surface area contributed by atoms with E-state index < -0.39 is 5.97 Å². The largest absolute Gasteiger partial charge is 0.481 e. The molecule has 0 fully saturated rings. The maximum absolute atomic E-state index is 11.8. The molecule has 2 aromatic rings. The number of rotatable bonds is 9. The van der Waals surface area contributed by atoms with Crippen LogP contribution in [0.25, 0.3) is 0 Å². The van der Waals surface area contributed by atoms with E-state index in [1.165, 1.54) is 5.56 Å². The molecule has 0 aromatic heterocycles. The van der Waals surface area contributed by atoms with Crippen molar-refractivity contribution in [1.82, 2.24) is 5.32 Å². The summed E-state index contributed by atoms with van der Waals surface area (Å²) in [5.74, 6) is 0.198. The van der Waals surface area contributed by atoms with E-state index in [9.17, 15) is 9.59 Å². The zero-order chi connectivity index (χ0) is 19.6. The maximum atomic E-state index is 11.8. The molecule has 2 aromatic carbocycles. The highest BCUT2D eigenvalue weighted by Crippen LogP contribution is 2.22. The number of hydrogen-bond donors (Lipinski definition) is 1. The van der Waals surface area contributed by atoms with Crippen molar-refractivity contribution in [3.63, 3.8) is 0 Å². The van der Waals surface area contributed by atoms with Crippen LogP contribution in [0.2, 0.25) is 0 Å². The lowest BCUT2D eigenvalue weighted by Gasteiger charge is -2.11. The predicted molar refractivity (Wildman–Crippen MR) is 105 cm³/mol. The first kappa shape index (κ1) is 20.5. The molecule has 27 heavy (non-hydrogen) atoms. The van der Waals surface area contributed by atoms with Gasteiger partial charge in [-0.15, -0.1) is 0 Å². The van der Waals surface area contributed by atoms with E-state index in [0.717, 1.165) is 16.7 Å². The molecule has 0 heterocycles. The van der Waals surface area contributed by atoms with Crippen LogP contribution in [0.3, 0.4) is 0 Å². The fraction of sp³-hybridized carbons (Fsp3) is 0.364. The molecular weight excluding hydrogens is 342 g/mol. The highest BCUT2D eigenvalue weighted by atomic mass is 16.6. The van der Waals surface area contributed by atoms with Crippen LogP contribution in [-0.4, -0.2) is 31.6 Å². The van der Waals surface area contributed by atoms with E-state index in [1.807, 2.05) is 63.2 Å². The Morgan fingerprint density at radius 3 is 2.30 bits per heavy atom. The van der Waals surface area contributed by atoms with Crippen LogP contribution in [-0.2, 0) is 20.7 Å². The number of carbonyl (C=O) groups excluding carboxylic acids is 2. The Hall–Kier alpha value is -2.82. The molecule has 5 heteroatoms. The minimum absolute atomic E-state index is 0.0570. The van der Waals surface area contributed by atoms with E-state index in [-0.39, 0.29) is 19.1 Å². The van der Waals surface area contributed by atoms with Crippen molar-refractivity contribution < 1.29 is 19.1 Å². The first-order valence-corrected chi connectivity index (χ1v) is 9.12. The first-order valence-electron chi connectivity index (χ1n) is 9.12. The van der Waals surface area contributed by atoms with E-state index in [4.69, 9.17) is 9.47 Å². The Kier molecular flexibility index (Phi) is 7.86. The number of nitrogens with one attached hydrogen (secondary N) is 1. The van der Waals surface area contributed by atoms with Crippen LogP contribution in [0.15, 0.2) is 42.5 Å². The first-order chi connectivity index (χ1) is 13.0. The topological polar surface area (TPSA) is 64.6 Å². The van der Waals surface area contributed by atoms with E-state index in [2.05, 4.69) is 5.32 Å². The summed E-state index contributed by atoms with van der Waals surface area (Å²) in [4.78, 5) is 23.6. The summed E-state index contributed by atoms with van der Waals surface area (Å²) in [5, 5.41) is 2.75. The van der Waals surface area contributed by atoms with E-state index >= 15 is 0 Å². The van der Waals surface area contributed by atoms with E-state index in [0.29, 0.717) is 25.1 Å². The smallest absolute Gasteiger partial charge is 0.344 e. The number of carbonyl (C=O) groups is 2. The molecule has 0 unspecified atom stereocenters. The molecule has 144 valence electrons. The molecular formula is C22H27NO4. The SMILES string of the molecule is Cc1ccc(CCC(=O)NCCOC(=O)COc2c(C)cccc2C)cc1. The molecule has 0 aliphatic carbocycles. The van der Waals surface area contributed by atoms with Gasteiger partial charge in [-0.25, -0.2) is 4.79 Å². The lowest BCUT2D eigenvalue weighted by molar-refractivity contribution is -0.146. The molecule has 5 nitrogen and oxygen atoms in total. The average molecular weight is 369 g/mol. The minimum atomic E-state index is -0.452. The molecule has 2 rings (SSSR count). The highest BCUT2D eigenvalue weighted by molar-refractivity contribution is 5.76. The van der Waals surface area contributed by atoms with Crippen LogP contribution in [0.1, 0.15) is 28.7 Å². The van der Waals surface area contributed by atoms with Gasteiger partial charge in [-0.3, -0.25) is 4.79 Å². The van der Waals surface area contributed by atoms with Crippen molar-refractivity contribution in [2.75, 3.05) is 19.8 Å². The summed E-state index contributed by atoms with van der Waals surface area (Å²) in [5.41, 5.74) is 4.28. The third kappa shape index (κ3) is 7.13. The fourth-order valence-electron chi connectivity index (χ4n) is 2.66. The molecule has 0 aliphatic heterocycles. The number of hydrogen-bond acceptors (Lipinski definition) is 4. The van der Waals surface area contributed by atoms with Crippen molar-refractivity contribution in [3.05, 3.63) is 64.7 Å².